The number of halogens is 5. The molecule has 0 aromatic heterocycles. The molecule has 1 aromatic rings. The van der Waals surface area contributed by atoms with Crippen LogP contribution in [0.25, 0.3) is 0 Å². The van der Waals surface area contributed by atoms with Gasteiger partial charge < -0.3 is 0 Å². The Kier molecular flexibility index (Phi) is 3.19. The van der Waals surface area contributed by atoms with Crippen LogP contribution >= 0.6 is 15.9 Å². The highest BCUT2D eigenvalue weighted by Gasteiger charge is 2.34. The van der Waals surface area contributed by atoms with Gasteiger partial charge in [-0.1, -0.05) is 22.0 Å². The van der Waals surface area contributed by atoms with Gasteiger partial charge in [0, 0.05) is 10.9 Å². The Bertz CT molecular complexity index is 343. The summed E-state index contributed by atoms with van der Waals surface area (Å²) in [7, 11) is 0. The van der Waals surface area contributed by atoms with Gasteiger partial charge in [0.05, 0.1) is 5.56 Å². The van der Waals surface area contributed by atoms with Crippen LogP contribution in [0, 0.1) is 12.7 Å². The lowest BCUT2D eigenvalue weighted by atomic mass is 10.0. The van der Waals surface area contributed by atoms with Crippen LogP contribution < -0.4 is 0 Å². The second-order valence-corrected chi connectivity index (χ2v) is 3.41. The third kappa shape index (κ3) is 2.08. The third-order valence-electron chi connectivity index (χ3n) is 1.88. The number of rotatable bonds is 1. The lowest BCUT2D eigenvalue weighted by Gasteiger charge is -2.12. The molecule has 0 aliphatic carbocycles. The highest BCUT2D eigenvalue weighted by atomic mass is 79.9. The molecule has 1 aromatic carbocycles. The van der Waals surface area contributed by atoms with E-state index in [0.717, 1.165) is 12.1 Å². The van der Waals surface area contributed by atoms with E-state index in [-0.39, 0.29) is 16.5 Å². The van der Waals surface area contributed by atoms with Crippen molar-refractivity contribution in [3.8, 4) is 0 Å². The number of benzene rings is 1. The zero-order chi connectivity index (χ0) is 10.9. The molecule has 1 rings (SSSR count). The van der Waals surface area contributed by atoms with E-state index in [1.165, 1.54) is 6.92 Å². The van der Waals surface area contributed by atoms with Gasteiger partial charge in [0.15, 0.2) is 0 Å². The summed E-state index contributed by atoms with van der Waals surface area (Å²) >= 11 is 2.85. The van der Waals surface area contributed by atoms with Gasteiger partial charge in [0.25, 0.3) is 0 Å². The lowest BCUT2D eigenvalue weighted by molar-refractivity contribution is -0.138. The Labute approximate surface area is 87.1 Å². The zero-order valence-electron chi connectivity index (χ0n) is 7.25. The summed E-state index contributed by atoms with van der Waals surface area (Å²) in [4.78, 5) is 0. The molecule has 5 heteroatoms. The van der Waals surface area contributed by atoms with Crippen molar-refractivity contribution in [2.75, 3.05) is 0 Å². The second kappa shape index (κ2) is 3.88. The van der Waals surface area contributed by atoms with E-state index in [2.05, 4.69) is 15.9 Å². The summed E-state index contributed by atoms with van der Waals surface area (Å²) in [6, 6.07) is 2.03. The molecule has 0 saturated heterocycles. The molecule has 0 aliphatic heterocycles. The topological polar surface area (TPSA) is 0 Å². The van der Waals surface area contributed by atoms with Crippen LogP contribution in [0.15, 0.2) is 12.1 Å². The summed E-state index contributed by atoms with van der Waals surface area (Å²) in [5.41, 5.74) is -1.04. The molecule has 0 N–H and O–H groups in total. The van der Waals surface area contributed by atoms with E-state index in [4.69, 9.17) is 0 Å². The maximum absolute atomic E-state index is 13.3. The monoisotopic (exact) mass is 270 g/mol. The molecule has 0 bridgehead atoms. The molecule has 78 valence electrons. The molecule has 0 atom stereocenters. The van der Waals surface area contributed by atoms with Crippen molar-refractivity contribution >= 4 is 15.9 Å². The number of hydrogen-bond donors (Lipinski definition) is 0. The predicted molar refractivity (Wildman–Crippen MR) is 48.8 cm³/mol. The van der Waals surface area contributed by atoms with E-state index in [1.807, 2.05) is 0 Å². The molecule has 0 nitrogen and oxygen atoms in total. The summed E-state index contributed by atoms with van der Waals surface area (Å²) in [5.74, 6) is -0.795. The first-order chi connectivity index (χ1) is 6.38. The van der Waals surface area contributed by atoms with Crippen molar-refractivity contribution in [2.45, 2.75) is 18.4 Å². The second-order valence-electron chi connectivity index (χ2n) is 2.85. The Morgan fingerprint density at radius 3 is 2.29 bits per heavy atom. The molecular weight excluding hydrogens is 264 g/mol. The van der Waals surface area contributed by atoms with Crippen LogP contribution in [0.1, 0.15) is 16.7 Å². The molecule has 0 unspecified atom stereocenters. The molecule has 0 heterocycles. The van der Waals surface area contributed by atoms with Gasteiger partial charge in [-0.3, -0.25) is 0 Å². The van der Waals surface area contributed by atoms with Crippen LogP contribution in [-0.4, -0.2) is 0 Å². The van der Waals surface area contributed by atoms with E-state index < -0.39 is 17.6 Å². The van der Waals surface area contributed by atoms with Crippen molar-refractivity contribution in [1.29, 1.82) is 0 Å². The highest BCUT2D eigenvalue weighted by molar-refractivity contribution is 9.08. The van der Waals surface area contributed by atoms with E-state index in [9.17, 15) is 17.6 Å². The van der Waals surface area contributed by atoms with E-state index in [1.54, 1.807) is 0 Å². The molecule has 0 spiro atoms. The summed E-state index contributed by atoms with van der Waals surface area (Å²) < 4.78 is 50.3. The Balaban J connectivity index is 3.39. The van der Waals surface area contributed by atoms with Crippen molar-refractivity contribution in [2.24, 2.45) is 0 Å². The standard InChI is InChI=1S/C9H7BrF4/c1-5-2-3-7(9(12,13)14)6(4-10)8(5)11/h2-3H,4H2,1H3. The summed E-state index contributed by atoms with van der Waals surface area (Å²) in [6.07, 6.45) is -4.50. The normalized spacial score (nSPS) is 11.9. The number of alkyl halides is 4. The first-order valence-electron chi connectivity index (χ1n) is 3.79. The molecular formula is C9H7BrF4. The van der Waals surface area contributed by atoms with Crippen LogP contribution in [0.3, 0.4) is 0 Å². The number of hydrogen-bond acceptors (Lipinski definition) is 0. The fourth-order valence-electron chi connectivity index (χ4n) is 1.13. The van der Waals surface area contributed by atoms with E-state index >= 15 is 0 Å². The average molecular weight is 271 g/mol. The van der Waals surface area contributed by atoms with Crippen molar-refractivity contribution in [3.63, 3.8) is 0 Å². The molecule has 0 amide bonds. The minimum absolute atomic E-state index is 0.143. The van der Waals surface area contributed by atoms with Gasteiger partial charge in [-0.05, 0) is 18.6 Å². The minimum Gasteiger partial charge on any atom is -0.206 e. The molecule has 0 fully saturated rings. The fourth-order valence-corrected chi connectivity index (χ4v) is 1.68. The maximum Gasteiger partial charge on any atom is 0.416 e. The average Bonchev–Trinajstić information content (AvgIpc) is 2.07. The summed E-state index contributed by atoms with van der Waals surface area (Å²) in [5, 5.41) is -0.143. The lowest BCUT2D eigenvalue weighted by Crippen LogP contribution is -2.10. The largest absolute Gasteiger partial charge is 0.416 e. The smallest absolute Gasteiger partial charge is 0.206 e. The Morgan fingerprint density at radius 1 is 1.29 bits per heavy atom. The third-order valence-corrected chi connectivity index (χ3v) is 2.44. The minimum atomic E-state index is -4.50. The molecule has 0 radical (unpaired) electrons. The number of aryl methyl sites for hydroxylation is 1. The fraction of sp³-hybridized carbons (Fsp3) is 0.333. The van der Waals surface area contributed by atoms with Gasteiger partial charge in [0.2, 0.25) is 0 Å². The molecule has 0 saturated carbocycles. The van der Waals surface area contributed by atoms with Crippen molar-refractivity contribution in [3.05, 3.63) is 34.6 Å². The van der Waals surface area contributed by atoms with Crippen LogP contribution in [0.4, 0.5) is 17.6 Å². The first-order valence-corrected chi connectivity index (χ1v) is 4.91. The predicted octanol–water partition coefficient (Wildman–Crippen LogP) is 4.05. The van der Waals surface area contributed by atoms with Crippen molar-refractivity contribution in [1.82, 2.24) is 0 Å². The van der Waals surface area contributed by atoms with E-state index in [0.29, 0.717) is 0 Å². The summed E-state index contributed by atoms with van der Waals surface area (Å²) in [6.45, 7) is 1.43. The Hall–Kier alpha value is -0.580. The Morgan fingerprint density at radius 2 is 1.86 bits per heavy atom. The van der Waals surface area contributed by atoms with Gasteiger partial charge in [-0.2, -0.15) is 13.2 Å². The molecule has 0 aliphatic rings. The van der Waals surface area contributed by atoms with Gasteiger partial charge in [-0.15, -0.1) is 0 Å². The maximum atomic E-state index is 13.3. The van der Waals surface area contributed by atoms with Crippen molar-refractivity contribution < 1.29 is 17.6 Å². The SMILES string of the molecule is Cc1ccc(C(F)(F)F)c(CBr)c1F. The van der Waals surface area contributed by atoms with Crippen LogP contribution in [0.5, 0.6) is 0 Å². The van der Waals surface area contributed by atoms with Crippen LogP contribution in [-0.2, 0) is 11.5 Å². The van der Waals surface area contributed by atoms with Gasteiger partial charge in [0.1, 0.15) is 5.82 Å². The zero-order valence-corrected chi connectivity index (χ0v) is 8.84. The first kappa shape index (κ1) is 11.5. The van der Waals surface area contributed by atoms with Gasteiger partial charge >= 0.3 is 6.18 Å². The van der Waals surface area contributed by atoms with Gasteiger partial charge in [-0.25, -0.2) is 4.39 Å². The molecule has 14 heavy (non-hydrogen) atoms. The quantitative estimate of drug-likeness (QED) is 0.534. The highest BCUT2D eigenvalue weighted by Crippen LogP contribution is 2.34. The van der Waals surface area contributed by atoms with Crippen LogP contribution in [0.2, 0.25) is 0 Å².